The van der Waals surface area contributed by atoms with Crippen LogP contribution in [0.3, 0.4) is 0 Å². The van der Waals surface area contributed by atoms with Gasteiger partial charge in [0.05, 0.1) is 11.4 Å². The Labute approximate surface area is 177 Å². The summed E-state index contributed by atoms with van der Waals surface area (Å²) in [6.45, 7) is 0. The second kappa shape index (κ2) is 7.04. The lowest BCUT2D eigenvalue weighted by molar-refractivity contribution is -0.0418. The van der Waals surface area contributed by atoms with Gasteiger partial charge < -0.3 is 22.9 Å². The first-order valence-electron chi connectivity index (χ1n) is 10.9. The van der Waals surface area contributed by atoms with Crippen LogP contribution >= 0.6 is 0 Å². The number of hydrogen-bond acceptors (Lipinski definition) is 2. The fourth-order valence-corrected chi connectivity index (χ4v) is 6.96. The molecule has 4 bridgehead atoms. The molecule has 6 heteroatoms. The molecule has 0 amide bonds. The van der Waals surface area contributed by atoms with Crippen LogP contribution in [-0.2, 0) is 5.41 Å². The smallest absolute Gasteiger partial charge is 0.191 e. The maximum absolute atomic E-state index is 5.57. The van der Waals surface area contributed by atoms with Gasteiger partial charge in [-0.3, -0.25) is 0 Å². The predicted octanol–water partition coefficient (Wildman–Crippen LogP) is 3.24. The van der Waals surface area contributed by atoms with E-state index in [4.69, 9.17) is 22.9 Å². The molecule has 0 heterocycles. The van der Waals surface area contributed by atoms with Crippen LogP contribution in [0, 0.1) is 23.7 Å². The molecule has 6 rings (SSSR count). The largest absolute Gasteiger partial charge is 0.370 e. The van der Waals surface area contributed by atoms with Gasteiger partial charge in [0.2, 0.25) is 0 Å². The number of guanidine groups is 2. The summed E-state index contributed by atoms with van der Waals surface area (Å²) in [7, 11) is 0. The van der Waals surface area contributed by atoms with Crippen LogP contribution < -0.4 is 22.9 Å². The lowest BCUT2D eigenvalue weighted by atomic mass is 9.42. The number of nitrogens with zero attached hydrogens (tertiary/aromatic N) is 2. The zero-order valence-electron chi connectivity index (χ0n) is 17.2. The predicted molar refractivity (Wildman–Crippen MR) is 122 cm³/mol. The summed E-state index contributed by atoms with van der Waals surface area (Å²) in [6, 6.07) is 17.1. The van der Waals surface area contributed by atoms with Crippen molar-refractivity contribution in [3.05, 3.63) is 59.7 Å². The van der Waals surface area contributed by atoms with Gasteiger partial charge in [0.1, 0.15) is 0 Å². The first kappa shape index (κ1) is 19.0. The van der Waals surface area contributed by atoms with Gasteiger partial charge in [0, 0.05) is 5.41 Å². The normalized spacial score (nSPS) is 28.1. The van der Waals surface area contributed by atoms with Gasteiger partial charge in [-0.25, -0.2) is 9.98 Å². The van der Waals surface area contributed by atoms with Crippen molar-refractivity contribution in [1.82, 2.24) is 0 Å². The molecule has 4 fully saturated rings. The number of nitrogens with two attached hydrogens (primary N) is 4. The quantitative estimate of drug-likeness (QED) is 0.462. The van der Waals surface area contributed by atoms with Gasteiger partial charge in [-0.2, -0.15) is 0 Å². The van der Waals surface area contributed by atoms with Crippen molar-refractivity contribution < 1.29 is 0 Å². The highest BCUT2D eigenvalue weighted by Crippen LogP contribution is 2.65. The highest BCUT2D eigenvalue weighted by molar-refractivity contribution is 5.79. The number of rotatable bonds is 4. The maximum atomic E-state index is 5.57. The Kier molecular flexibility index (Phi) is 4.45. The number of aliphatic imine (C=N–C) groups is 2. The Bertz CT molecular complexity index is 890. The fourth-order valence-electron chi connectivity index (χ4n) is 6.96. The molecule has 0 unspecified atom stereocenters. The van der Waals surface area contributed by atoms with Crippen LogP contribution in [0.25, 0.3) is 0 Å². The summed E-state index contributed by atoms with van der Waals surface area (Å²) in [4.78, 5) is 8.41. The molecule has 0 spiro atoms. The molecule has 6 nitrogen and oxygen atoms in total. The van der Waals surface area contributed by atoms with E-state index >= 15 is 0 Å². The van der Waals surface area contributed by atoms with Crippen LogP contribution in [0.4, 0.5) is 11.4 Å². The number of benzene rings is 2. The van der Waals surface area contributed by atoms with Crippen LogP contribution in [0.15, 0.2) is 58.5 Å². The van der Waals surface area contributed by atoms with E-state index in [0.717, 1.165) is 23.2 Å². The fraction of sp³-hybridized carbons (Fsp3) is 0.417. The highest BCUT2D eigenvalue weighted by Gasteiger charge is 2.58. The van der Waals surface area contributed by atoms with Crippen LogP contribution in [0.1, 0.15) is 43.2 Å². The Morgan fingerprint density at radius 1 is 0.600 bits per heavy atom. The van der Waals surface area contributed by atoms with Crippen LogP contribution in [0.5, 0.6) is 0 Å². The van der Waals surface area contributed by atoms with Crippen molar-refractivity contribution in [2.75, 3.05) is 0 Å². The molecule has 156 valence electrons. The zero-order chi connectivity index (χ0) is 20.9. The van der Waals surface area contributed by atoms with E-state index in [2.05, 4.69) is 34.3 Å². The Hall–Kier alpha value is -3.02. The molecule has 8 N–H and O–H groups in total. The molecular formula is C24H30N6. The minimum absolute atomic E-state index is 0.0282. The Balaban J connectivity index is 1.62. The lowest BCUT2D eigenvalue weighted by Gasteiger charge is -2.62. The summed E-state index contributed by atoms with van der Waals surface area (Å²) in [5.41, 5.74) is 26.6. The molecule has 0 atom stereocenters. The number of hydrogen-bond donors (Lipinski definition) is 4. The summed E-state index contributed by atoms with van der Waals surface area (Å²) < 4.78 is 0. The van der Waals surface area contributed by atoms with Crippen molar-refractivity contribution in [3.8, 4) is 0 Å². The standard InChI is InChI=1S/C24H30N6/c25-22(26)29-20-5-1-16(2-6-20)24(17-3-7-21(8-4-17)30-23(27)28)18-10-14-9-15(12-18)13-19(24)11-14/h1-8,14-15,18-19H,9-13H2,(H4,25,26,29)(H4,27,28,30). The molecule has 4 saturated carbocycles. The maximum Gasteiger partial charge on any atom is 0.191 e. The van der Waals surface area contributed by atoms with Crippen molar-refractivity contribution in [2.45, 2.75) is 37.5 Å². The summed E-state index contributed by atoms with van der Waals surface area (Å²) >= 11 is 0. The van der Waals surface area contributed by atoms with Crippen LogP contribution in [-0.4, -0.2) is 11.9 Å². The second-order valence-electron chi connectivity index (χ2n) is 9.34. The van der Waals surface area contributed by atoms with E-state index in [9.17, 15) is 0 Å². The summed E-state index contributed by atoms with van der Waals surface area (Å²) in [5.74, 6) is 3.28. The van der Waals surface area contributed by atoms with E-state index < -0.39 is 0 Å². The van der Waals surface area contributed by atoms with Gasteiger partial charge in [-0.05, 0) is 91.2 Å². The molecule has 0 saturated heterocycles. The van der Waals surface area contributed by atoms with Crippen LogP contribution in [0.2, 0.25) is 0 Å². The van der Waals surface area contributed by atoms with E-state index in [-0.39, 0.29) is 17.3 Å². The monoisotopic (exact) mass is 402 g/mol. The first-order chi connectivity index (χ1) is 14.4. The molecule has 4 aliphatic rings. The van der Waals surface area contributed by atoms with Crippen molar-refractivity contribution in [3.63, 3.8) is 0 Å². The van der Waals surface area contributed by atoms with E-state index in [1.807, 2.05) is 24.3 Å². The van der Waals surface area contributed by atoms with Gasteiger partial charge in [-0.15, -0.1) is 0 Å². The van der Waals surface area contributed by atoms with Gasteiger partial charge in [-0.1, -0.05) is 24.3 Å². The minimum atomic E-state index is 0.0282. The molecule has 4 aliphatic carbocycles. The molecular weight excluding hydrogens is 372 g/mol. The van der Waals surface area contributed by atoms with E-state index in [1.165, 1.54) is 43.2 Å². The lowest BCUT2D eigenvalue weighted by Crippen LogP contribution is -2.56. The molecule has 0 radical (unpaired) electrons. The Morgan fingerprint density at radius 2 is 0.967 bits per heavy atom. The van der Waals surface area contributed by atoms with Gasteiger partial charge >= 0.3 is 0 Å². The third kappa shape index (κ3) is 3.02. The first-order valence-corrected chi connectivity index (χ1v) is 10.9. The average molecular weight is 403 g/mol. The van der Waals surface area contributed by atoms with Gasteiger partial charge in [0.25, 0.3) is 0 Å². The molecule has 0 aromatic heterocycles. The summed E-state index contributed by atoms with van der Waals surface area (Å²) in [5, 5.41) is 0. The molecule has 2 aromatic carbocycles. The topological polar surface area (TPSA) is 129 Å². The third-order valence-corrected chi connectivity index (χ3v) is 7.63. The average Bonchev–Trinajstić information content (AvgIpc) is 2.69. The molecule has 2 aromatic rings. The molecule has 30 heavy (non-hydrogen) atoms. The van der Waals surface area contributed by atoms with Crippen molar-refractivity contribution >= 4 is 23.3 Å². The minimum Gasteiger partial charge on any atom is -0.370 e. The second-order valence-corrected chi connectivity index (χ2v) is 9.34. The van der Waals surface area contributed by atoms with E-state index in [0.29, 0.717) is 11.8 Å². The van der Waals surface area contributed by atoms with Crippen molar-refractivity contribution in [2.24, 2.45) is 56.6 Å². The van der Waals surface area contributed by atoms with Gasteiger partial charge in [0.15, 0.2) is 11.9 Å². The highest BCUT2D eigenvalue weighted by atomic mass is 15.0. The Morgan fingerprint density at radius 3 is 1.30 bits per heavy atom. The molecule has 0 aliphatic heterocycles. The third-order valence-electron chi connectivity index (χ3n) is 7.63. The van der Waals surface area contributed by atoms with E-state index in [1.54, 1.807) is 0 Å². The van der Waals surface area contributed by atoms with Crippen molar-refractivity contribution in [1.29, 1.82) is 0 Å². The SMILES string of the molecule is NC(N)=Nc1ccc(C2(c3ccc(N=C(N)N)cc3)C3CC4CC(C3)CC2C4)cc1. The zero-order valence-corrected chi connectivity index (χ0v) is 17.2. The summed E-state index contributed by atoms with van der Waals surface area (Å²) in [6.07, 6.45) is 6.70.